The van der Waals surface area contributed by atoms with Crippen LogP contribution in [0.1, 0.15) is 29.5 Å². The lowest BCUT2D eigenvalue weighted by atomic mass is 10.1. The summed E-state index contributed by atoms with van der Waals surface area (Å²) >= 11 is 3.40. The Morgan fingerprint density at radius 2 is 1.78 bits per heavy atom. The van der Waals surface area contributed by atoms with Crippen molar-refractivity contribution in [3.05, 3.63) is 106 Å². The molecule has 36 heavy (non-hydrogen) atoms. The first kappa shape index (κ1) is 25.2. The van der Waals surface area contributed by atoms with Crippen molar-refractivity contribution in [2.24, 2.45) is 5.16 Å². The predicted octanol–water partition coefficient (Wildman–Crippen LogP) is 6.48. The SMILES string of the molecule is CCOC(=O)C(=NOCc1ccc(OCc2nc(-c3ccccc3)oc2C)cc1)c1cccc(Br)c1. The third-order valence-corrected chi connectivity index (χ3v) is 5.66. The van der Waals surface area contributed by atoms with Crippen LogP contribution in [0.2, 0.25) is 0 Å². The predicted molar refractivity (Wildman–Crippen MR) is 140 cm³/mol. The van der Waals surface area contributed by atoms with E-state index in [0.29, 0.717) is 17.2 Å². The Morgan fingerprint density at radius 1 is 1.00 bits per heavy atom. The molecule has 0 atom stereocenters. The minimum atomic E-state index is -0.544. The molecule has 4 aromatic rings. The van der Waals surface area contributed by atoms with Crippen molar-refractivity contribution < 1.29 is 23.5 Å². The van der Waals surface area contributed by atoms with Crippen molar-refractivity contribution in [1.82, 2.24) is 4.98 Å². The van der Waals surface area contributed by atoms with Gasteiger partial charge < -0.3 is 18.7 Å². The second kappa shape index (κ2) is 12.2. The molecule has 7 nitrogen and oxygen atoms in total. The van der Waals surface area contributed by atoms with Crippen LogP contribution in [-0.4, -0.2) is 23.3 Å². The van der Waals surface area contributed by atoms with Crippen molar-refractivity contribution in [1.29, 1.82) is 0 Å². The zero-order valence-electron chi connectivity index (χ0n) is 19.9. The van der Waals surface area contributed by atoms with Gasteiger partial charge in [0.2, 0.25) is 5.89 Å². The third-order valence-electron chi connectivity index (χ3n) is 5.17. The first-order chi connectivity index (χ1) is 17.5. The number of benzene rings is 3. The Morgan fingerprint density at radius 3 is 2.50 bits per heavy atom. The summed E-state index contributed by atoms with van der Waals surface area (Å²) in [4.78, 5) is 22.4. The molecular formula is C28H25BrN2O5. The standard InChI is InChI=1S/C28H25BrN2O5/c1-3-33-28(32)26(22-10-7-11-23(29)16-22)31-35-17-20-12-14-24(15-13-20)34-18-25-19(2)36-27(30-25)21-8-5-4-6-9-21/h4-16H,3,17-18H2,1-2H3. The number of halogens is 1. The highest BCUT2D eigenvalue weighted by Gasteiger charge is 2.17. The van der Waals surface area contributed by atoms with Crippen molar-refractivity contribution in [2.75, 3.05) is 6.61 Å². The Labute approximate surface area is 217 Å². The van der Waals surface area contributed by atoms with Crippen LogP contribution in [0.15, 0.2) is 92.9 Å². The van der Waals surface area contributed by atoms with Crippen molar-refractivity contribution >= 4 is 27.6 Å². The van der Waals surface area contributed by atoms with Gasteiger partial charge in [-0.15, -0.1) is 0 Å². The highest BCUT2D eigenvalue weighted by atomic mass is 79.9. The second-order valence-electron chi connectivity index (χ2n) is 7.76. The first-order valence-electron chi connectivity index (χ1n) is 11.4. The number of aromatic nitrogens is 1. The minimum Gasteiger partial charge on any atom is -0.487 e. The molecule has 0 unspecified atom stereocenters. The van der Waals surface area contributed by atoms with E-state index in [1.54, 1.807) is 19.1 Å². The van der Waals surface area contributed by atoms with Gasteiger partial charge in [-0.05, 0) is 55.8 Å². The highest BCUT2D eigenvalue weighted by Crippen LogP contribution is 2.23. The summed E-state index contributed by atoms with van der Waals surface area (Å²) in [5.74, 6) is 1.44. The highest BCUT2D eigenvalue weighted by molar-refractivity contribution is 9.10. The molecule has 0 radical (unpaired) electrons. The van der Waals surface area contributed by atoms with E-state index in [0.717, 1.165) is 27.1 Å². The summed E-state index contributed by atoms with van der Waals surface area (Å²) in [6.45, 7) is 4.33. The number of carbonyl (C=O) groups is 1. The van der Waals surface area contributed by atoms with Crippen LogP contribution < -0.4 is 4.74 Å². The van der Waals surface area contributed by atoms with E-state index in [9.17, 15) is 4.79 Å². The lowest BCUT2D eigenvalue weighted by Gasteiger charge is -2.08. The molecule has 0 bridgehead atoms. The van der Waals surface area contributed by atoms with Gasteiger partial charge in [0.05, 0.1) is 6.61 Å². The Kier molecular flexibility index (Phi) is 8.52. The van der Waals surface area contributed by atoms with E-state index in [1.165, 1.54) is 0 Å². The fourth-order valence-corrected chi connectivity index (χ4v) is 3.71. The number of oxime groups is 1. The average Bonchev–Trinajstić information content (AvgIpc) is 3.27. The lowest BCUT2D eigenvalue weighted by Crippen LogP contribution is -2.19. The molecule has 1 heterocycles. The van der Waals surface area contributed by atoms with Gasteiger partial charge in [-0.1, -0.05) is 63.6 Å². The van der Waals surface area contributed by atoms with Crippen LogP contribution in [0, 0.1) is 6.92 Å². The summed E-state index contributed by atoms with van der Waals surface area (Å²) in [7, 11) is 0. The molecule has 1 aromatic heterocycles. The van der Waals surface area contributed by atoms with Gasteiger partial charge in [-0.2, -0.15) is 0 Å². The van der Waals surface area contributed by atoms with Gasteiger partial charge >= 0.3 is 5.97 Å². The van der Waals surface area contributed by atoms with Crippen molar-refractivity contribution in [2.45, 2.75) is 27.1 Å². The topological polar surface area (TPSA) is 83.2 Å². The van der Waals surface area contributed by atoms with Crippen LogP contribution in [0.3, 0.4) is 0 Å². The van der Waals surface area contributed by atoms with Crippen molar-refractivity contribution in [3.8, 4) is 17.2 Å². The van der Waals surface area contributed by atoms with Gasteiger partial charge in [0, 0.05) is 15.6 Å². The first-order valence-corrected chi connectivity index (χ1v) is 12.2. The maximum absolute atomic E-state index is 12.4. The number of hydrogen-bond donors (Lipinski definition) is 0. The van der Waals surface area contributed by atoms with Crippen LogP contribution in [0.5, 0.6) is 5.75 Å². The van der Waals surface area contributed by atoms with Crippen molar-refractivity contribution in [3.63, 3.8) is 0 Å². The monoisotopic (exact) mass is 548 g/mol. The molecule has 0 spiro atoms. The number of aryl methyl sites for hydroxylation is 1. The summed E-state index contributed by atoms with van der Waals surface area (Å²) < 4.78 is 17.6. The number of esters is 1. The lowest BCUT2D eigenvalue weighted by molar-refractivity contribution is -0.135. The molecule has 3 aromatic carbocycles. The fraction of sp³-hybridized carbons (Fsp3) is 0.179. The number of nitrogens with zero attached hydrogens (tertiary/aromatic N) is 2. The van der Waals surface area contributed by atoms with Gasteiger partial charge in [-0.3, -0.25) is 0 Å². The zero-order chi connectivity index (χ0) is 25.3. The molecule has 0 N–H and O–H groups in total. The van der Waals surface area contributed by atoms with Crippen LogP contribution in [0.4, 0.5) is 0 Å². The van der Waals surface area contributed by atoms with Crippen LogP contribution >= 0.6 is 15.9 Å². The van der Waals surface area contributed by atoms with E-state index in [-0.39, 0.29) is 25.5 Å². The second-order valence-corrected chi connectivity index (χ2v) is 8.68. The van der Waals surface area contributed by atoms with E-state index in [2.05, 4.69) is 26.1 Å². The number of ether oxygens (including phenoxy) is 2. The maximum atomic E-state index is 12.4. The summed E-state index contributed by atoms with van der Waals surface area (Å²) in [5, 5.41) is 4.06. The minimum absolute atomic E-state index is 0.107. The molecule has 0 aliphatic carbocycles. The average molecular weight is 549 g/mol. The quantitative estimate of drug-likeness (QED) is 0.128. The molecule has 4 rings (SSSR count). The van der Waals surface area contributed by atoms with E-state index in [1.807, 2.05) is 73.7 Å². The third kappa shape index (κ3) is 6.60. The largest absolute Gasteiger partial charge is 0.487 e. The molecular weight excluding hydrogens is 524 g/mol. The smallest absolute Gasteiger partial charge is 0.361 e. The molecule has 0 aliphatic heterocycles. The molecule has 0 amide bonds. The van der Waals surface area contributed by atoms with E-state index in [4.69, 9.17) is 18.7 Å². The molecule has 0 aliphatic rings. The number of oxazole rings is 1. The number of rotatable bonds is 10. The molecule has 184 valence electrons. The normalized spacial score (nSPS) is 11.2. The number of carbonyl (C=O) groups excluding carboxylic acids is 1. The maximum Gasteiger partial charge on any atom is 0.361 e. The summed E-state index contributed by atoms with van der Waals surface area (Å²) in [6.07, 6.45) is 0. The molecule has 8 heteroatoms. The van der Waals surface area contributed by atoms with Gasteiger partial charge in [-0.25, -0.2) is 9.78 Å². The van der Waals surface area contributed by atoms with E-state index < -0.39 is 5.97 Å². The molecule has 0 saturated carbocycles. The molecule has 0 saturated heterocycles. The Balaban J connectivity index is 1.36. The summed E-state index contributed by atoms with van der Waals surface area (Å²) in [5.41, 5.74) is 3.24. The molecule has 0 fully saturated rings. The van der Waals surface area contributed by atoms with E-state index >= 15 is 0 Å². The Hall–Kier alpha value is -3.91. The van der Waals surface area contributed by atoms with Crippen LogP contribution in [-0.2, 0) is 27.6 Å². The van der Waals surface area contributed by atoms with Gasteiger partial charge in [0.1, 0.15) is 30.4 Å². The summed E-state index contributed by atoms with van der Waals surface area (Å²) in [6, 6.07) is 24.4. The van der Waals surface area contributed by atoms with Gasteiger partial charge in [0.15, 0.2) is 5.71 Å². The Bertz CT molecular complexity index is 1330. The van der Waals surface area contributed by atoms with Crippen LogP contribution in [0.25, 0.3) is 11.5 Å². The fourth-order valence-electron chi connectivity index (χ4n) is 3.31. The van der Waals surface area contributed by atoms with Gasteiger partial charge in [0.25, 0.3) is 0 Å². The number of hydrogen-bond acceptors (Lipinski definition) is 7. The zero-order valence-corrected chi connectivity index (χ0v) is 21.5.